The van der Waals surface area contributed by atoms with Crippen LogP contribution >= 0.6 is 0 Å². The summed E-state index contributed by atoms with van der Waals surface area (Å²) >= 11 is 0. The second-order valence-corrected chi connectivity index (χ2v) is 4.63. The van der Waals surface area contributed by atoms with Gasteiger partial charge in [0, 0.05) is 25.1 Å². The van der Waals surface area contributed by atoms with E-state index in [1.165, 1.54) is 7.11 Å². The Bertz CT molecular complexity index is 664. The number of hydrogen-bond donors (Lipinski definition) is 1. The Morgan fingerprint density at radius 3 is 3.00 bits per heavy atom. The maximum Gasteiger partial charge on any atom is 0.357 e. The average molecular weight is 273 g/mol. The van der Waals surface area contributed by atoms with Gasteiger partial charge in [0.15, 0.2) is 11.5 Å². The van der Waals surface area contributed by atoms with Crippen LogP contribution in [0.1, 0.15) is 27.5 Å². The van der Waals surface area contributed by atoms with E-state index in [0.29, 0.717) is 18.1 Å². The molecule has 0 radical (unpaired) electrons. The molecular weight excluding hydrogens is 258 g/mol. The molecule has 3 heterocycles. The number of esters is 1. The van der Waals surface area contributed by atoms with Crippen molar-refractivity contribution >= 4 is 5.97 Å². The standard InChI is InChI=1S/C14H15N3O3/c1-8-9(4-6-20-8)13-16-11-3-5-15-7-10(11)12(17-13)14(18)19-2/h4,6,15H,3,5,7H2,1-2H3. The van der Waals surface area contributed by atoms with Gasteiger partial charge in [-0.15, -0.1) is 0 Å². The number of furan rings is 1. The van der Waals surface area contributed by atoms with Crippen LogP contribution in [0.2, 0.25) is 0 Å². The van der Waals surface area contributed by atoms with E-state index in [0.717, 1.165) is 35.5 Å². The van der Waals surface area contributed by atoms with Crippen LogP contribution in [0.3, 0.4) is 0 Å². The molecule has 1 aliphatic rings. The number of methoxy groups -OCH3 is 1. The van der Waals surface area contributed by atoms with E-state index in [2.05, 4.69) is 15.3 Å². The highest BCUT2D eigenvalue weighted by molar-refractivity contribution is 5.89. The van der Waals surface area contributed by atoms with Gasteiger partial charge in [0.1, 0.15) is 5.76 Å². The highest BCUT2D eigenvalue weighted by atomic mass is 16.5. The number of fused-ring (bicyclic) bond motifs is 1. The van der Waals surface area contributed by atoms with E-state index >= 15 is 0 Å². The zero-order valence-corrected chi connectivity index (χ0v) is 11.4. The Morgan fingerprint density at radius 2 is 2.30 bits per heavy atom. The van der Waals surface area contributed by atoms with Crippen LogP contribution < -0.4 is 5.32 Å². The number of aromatic nitrogens is 2. The van der Waals surface area contributed by atoms with Gasteiger partial charge < -0.3 is 14.5 Å². The summed E-state index contributed by atoms with van der Waals surface area (Å²) in [6.45, 7) is 3.27. The molecule has 2 aromatic heterocycles. The van der Waals surface area contributed by atoms with Crippen molar-refractivity contribution in [3.63, 3.8) is 0 Å². The van der Waals surface area contributed by atoms with E-state index in [4.69, 9.17) is 9.15 Å². The number of carbonyl (C=O) groups is 1. The Kier molecular flexibility index (Phi) is 3.23. The van der Waals surface area contributed by atoms with E-state index in [1.807, 2.05) is 6.92 Å². The molecule has 6 nitrogen and oxygen atoms in total. The van der Waals surface area contributed by atoms with Gasteiger partial charge in [-0.25, -0.2) is 14.8 Å². The number of aryl methyl sites for hydroxylation is 1. The van der Waals surface area contributed by atoms with Crippen LogP contribution in [0.25, 0.3) is 11.4 Å². The van der Waals surface area contributed by atoms with E-state index in [1.54, 1.807) is 12.3 Å². The minimum Gasteiger partial charge on any atom is -0.469 e. The van der Waals surface area contributed by atoms with Crippen molar-refractivity contribution in [2.24, 2.45) is 0 Å². The van der Waals surface area contributed by atoms with Gasteiger partial charge in [0.2, 0.25) is 0 Å². The largest absolute Gasteiger partial charge is 0.469 e. The van der Waals surface area contributed by atoms with Crippen molar-refractivity contribution < 1.29 is 13.9 Å². The van der Waals surface area contributed by atoms with E-state index < -0.39 is 5.97 Å². The maximum atomic E-state index is 11.9. The second kappa shape index (κ2) is 5.05. The Morgan fingerprint density at radius 1 is 1.45 bits per heavy atom. The summed E-state index contributed by atoms with van der Waals surface area (Å²) < 4.78 is 10.1. The molecule has 2 aromatic rings. The minimum absolute atomic E-state index is 0.334. The highest BCUT2D eigenvalue weighted by Crippen LogP contribution is 2.25. The summed E-state index contributed by atoms with van der Waals surface area (Å²) in [4.78, 5) is 20.9. The van der Waals surface area contributed by atoms with Gasteiger partial charge in [-0.2, -0.15) is 0 Å². The monoisotopic (exact) mass is 273 g/mol. The van der Waals surface area contributed by atoms with Gasteiger partial charge in [-0.1, -0.05) is 0 Å². The fourth-order valence-electron chi connectivity index (χ4n) is 2.35. The molecule has 0 aliphatic carbocycles. The lowest BCUT2D eigenvalue weighted by atomic mass is 10.0. The smallest absolute Gasteiger partial charge is 0.357 e. The third-order valence-corrected chi connectivity index (χ3v) is 3.41. The summed E-state index contributed by atoms with van der Waals surface area (Å²) in [6.07, 6.45) is 2.36. The molecule has 0 atom stereocenters. The molecule has 3 rings (SSSR count). The topological polar surface area (TPSA) is 77.2 Å². The van der Waals surface area contributed by atoms with Crippen molar-refractivity contribution in [1.82, 2.24) is 15.3 Å². The van der Waals surface area contributed by atoms with Gasteiger partial charge in [0.05, 0.1) is 24.6 Å². The second-order valence-electron chi connectivity index (χ2n) is 4.63. The first-order chi connectivity index (χ1) is 9.70. The molecule has 0 spiro atoms. The Balaban J connectivity index is 2.18. The molecule has 1 aliphatic heterocycles. The van der Waals surface area contributed by atoms with Crippen molar-refractivity contribution in [3.8, 4) is 11.4 Å². The lowest BCUT2D eigenvalue weighted by molar-refractivity contribution is 0.0592. The van der Waals surface area contributed by atoms with Gasteiger partial charge in [-0.05, 0) is 13.0 Å². The van der Waals surface area contributed by atoms with Gasteiger partial charge >= 0.3 is 5.97 Å². The first-order valence-corrected chi connectivity index (χ1v) is 6.44. The van der Waals surface area contributed by atoms with Crippen molar-refractivity contribution in [2.75, 3.05) is 13.7 Å². The number of hydrogen-bond acceptors (Lipinski definition) is 6. The van der Waals surface area contributed by atoms with Crippen molar-refractivity contribution in [1.29, 1.82) is 0 Å². The quantitative estimate of drug-likeness (QED) is 0.835. The number of nitrogens with one attached hydrogen (secondary N) is 1. The van der Waals surface area contributed by atoms with Gasteiger partial charge in [-0.3, -0.25) is 0 Å². The van der Waals surface area contributed by atoms with Crippen molar-refractivity contribution in [3.05, 3.63) is 35.0 Å². The highest BCUT2D eigenvalue weighted by Gasteiger charge is 2.23. The molecule has 0 bridgehead atoms. The number of ether oxygens (including phenoxy) is 1. The predicted octanol–water partition coefficient (Wildman–Crippen LogP) is 1.48. The SMILES string of the molecule is COC(=O)c1nc(-c2ccoc2C)nc2c1CNCC2. The fourth-order valence-corrected chi connectivity index (χ4v) is 2.35. The maximum absolute atomic E-state index is 11.9. The summed E-state index contributed by atoms with van der Waals surface area (Å²) in [6, 6.07) is 1.80. The third kappa shape index (κ3) is 2.08. The molecule has 1 N–H and O–H groups in total. The molecule has 0 aromatic carbocycles. The van der Waals surface area contributed by atoms with Gasteiger partial charge in [0.25, 0.3) is 0 Å². The van der Waals surface area contributed by atoms with Crippen LogP contribution in [0.4, 0.5) is 0 Å². The number of carbonyl (C=O) groups excluding carboxylic acids is 1. The predicted molar refractivity (Wildman–Crippen MR) is 71.2 cm³/mol. The minimum atomic E-state index is -0.435. The average Bonchev–Trinajstić information content (AvgIpc) is 2.91. The molecule has 0 saturated carbocycles. The lowest BCUT2D eigenvalue weighted by Crippen LogP contribution is -2.28. The zero-order valence-electron chi connectivity index (χ0n) is 11.4. The molecule has 0 fully saturated rings. The molecule has 0 unspecified atom stereocenters. The van der Waals surface area contributed by atoms with E-state index in [-0.39, 0.29) is 0 Å². The first kappa shape index (κ1) is 12.8. The third-order valence-electron chi connectivity index (χ3n) is 3.41. The van der Waals surface area contributed by atoms with Crippen LogP contribution in [0, 0.1) is 6.92 Å². The number of rotatable bonds is 2. The molecule has 20 heavy (non-hydrogen) atoms. The molecule has 0 amide bonds. The summed E-state index contributed by atoms with van der Waals surface area (Å²) in [5.41, 5.74) is 2.86. The summed E-state index contributed by atoms with van der Waals surface area (Å²) in [7, 11) is 1.36. The van der Waals surface area contributed by atoms with Crippen LogP contribution in [-0.2, 0) is 17.7 Å². The zero-order chi connectivity index (χ0) is 14.1. The first-order valence-electron chi connectivity index (χ1n) is 6.44. The van der Waals surface area contributed by atoms with Crippen molar-refractivity contribution in [2.45, 2.75) is 19.9 Å². The van der Waals surface area contributed by atoms with Crippen LogP contribution in [0.15, 0.2) is 16.7 Å². The van der Waals surface area contributed by atoms with E-state index in [9.17, 15) is 4.79 Å². The van der Waals surface area contributed by atoms with Crippen LogP contribution in [0.5, 0.6) is 0 Å². The summed E-state index contributed by atoms with van der Waals surface area (Å²) in [5, 5.41) is 3.22. The van der Waals surface area contributed by atoms with Crippen LogP contribution in [-0.4, -0.2) is 29.6 Å². The fraction of sp³-hybridized carbons (Fsp3) is 0.357. The Hall–Kier alpha value is -2.21. The Labute approximate surface area is 116 Å². The molecular formula is C14H15N3O3. The molecule has 104 valence electrons. The summed E-state index contributed by atoms with van der Waals surface area (Å²) in [5.74, 6) is 0.807. The number of nitrogens with zero attached hydrogens (tertiary/aromatic N) is 2. The molecule has 0 saturated heterocycles. The normalized spacial score (nSPS) is 13.9. The lowest BCUT2D eigenvalue weighted by Gasteiger charge is -2.19. The molecule has 6 heteroatoms.